The van der Waals surface area contributed by atoms with E-state index >= 15 is 0 Å². The highest BCUT2D eigenvalue weighted by Gasteiger charge is 2.18. The van der Waals surface area contributed by atoms with E-state index in [9.17, 15) is 0 Å². The van der Waals surface area contributed by atoms with E-state index in [1.54, 1.807) is 12.4 Å². The predicted molar refractivity (Wildman–Crippen MR) is 102 cm³/mol. The third-order valence-corrected chi connectivity index (χ3v) is 5.73. The molecule has 1 aliphatic heterocycles. The quantitative estimate of drug-likeness (QED) is 0.632. The molecule has 4 heterocycles. The van der Waals surface area contributed by atoms with Crippen molar-refractivity contribution >= 4 is 11.3 Å². The molecular formula is C20H23N3O2S. The van der Waals surface area contributed by atoms with Crippen LogP contribution in [0.1, 0.15) is 40.9 Å². The maximum atomic E-state index is 5.89. The van der Waals surface area contributed by atoms with E-state index in [2.05, 4.69) is 34.2 Å². The van der Waals surface area contributed by atoms with Crippen molar-refractivity contribution in [3.63, 3.8) is 0 Å². The van der Waals surface area contributed by atoms with Crippen LogP contribution in [-0.2, 0) is 17.8 Å². The van der Waals surface area contributed by atoms with Gasteiger partial charge in [-0.3, -0.25) is 9.88 Å². The van der Waals surface area contributed by atoms with E-state index in [-0.39, 0.29) is 0 Å². The van der Waals surface area contributed by atoms with Crippen LogP contribution >= 0.6 is 11.3 Å². The summed E-state index contributed by atoms with van der Waals surface area (Å²) in [6, 6.07) is 10.3. The van der Waals surface area contributed by atoms with E-state index in [1.807, 2.05) is 29.5 Å². The van der Waals surface area contributed by atoms with Crippen LogP contribution in [0.3, 0.4) is 0 Å². The second-order valence-electron chi connectivity index (χ2n) is 6.75. The van der Waals surface area contributed by atoms with Gasteiger partial charge in [0.05, 0.1) is 12.6 Å². The molecule has 0 radical (unpaired) electrons. The number of hydrogen-bond donors (Lipinski definition) is 0. The van der Waals surface area contributed by atoms with Crippen LogP contribution in [0.4, 0.5) is 0 Å². The monoisotopic (exact) mass is 369 g/mol. The molecule has 1 aliphatic rings. The highest BCUT2D eigenvalue weighted by Crippen LogP contribution is 2.33. The van der Waals surface area contributed by atoms with Gasteiger partial charge in [-0.05, 0) is 50.6 Å². The zero-order valence-electron chi connectivity index (χ0n) is 14.9. The third-order valence-electron chi connectivity index (χ3n) is 4.57. The minimum absolute atomic E-state index is 0.296. The fourth-order valence-corrected chi connectivity index (χ4v) is 4.43. The molecule has 4 rings (SSSR count). The van der Waals surface area contributed by atoms with Crippen LogP contribution in [0.25, 0.3) is 11.3 Å². The van der Waals surface area contributed by atoms with Gasteiger partial charge >= 0.3 is 0 Å². The molecule has 6 heteroatoms. The number of ether oxygens (including phenoxy) is 1. The molecule has 26 heavy (non-hydrogen) atoms. The van der Waals surface area contributed by atoms with Gasteiger partial charge < -0.3 is 9.26 Å². The van der Waals surface area contributed by atoms with E-state index in [0.717, 1.165) is 43.1 Å². The molecular weight excluding hydrogens is 346 g/mol. The maximum absolute atomic E-state index is 5.89. The average Bonchev–Trinajstić information content (AvgIpc) is 3.33. The predicted octanol–water partition coefficient (Wildman–Crippen LogP) is 4.67. The Hall–Kier alpha value is -2.02. The van der Waals surface area contributed by atoms with Crippen molar-refractivity contribution in [2.75, 3.05) is 13.7 Å². The molecule has 0 amide bonds. The van der Waals surface area contributed by atoms with Crippen LogP contribution in [0.5, 0.6) is 0 Å². The van der Waals surface area contributed by atoms with Crippen LogP contribution in [0.2, 0.25) is 0 Å². The maximum Gasteiger partial charge on any atom is 0.151 e. The summed E-state index contributed by atoms with van der Waals surface area (Å²) in [6.45, 7) is 2.51. The Morgan fingerprint density at radius 1 is 1.15 bits per heavy atom. The van der Waals surface area contributed by atoms with Crippen LogP contribution in [0.15, 0.2) is 47.2 Å². The van der Waals surface area contributed by atoms with E-state index in [1.165, 1.54) is 22.6 Å². The van der Waals surface area contributed by atoms with Crippen molar-refractivity contribution in [2.45, 2.75) is 38.5 Å². The van der Waals surface area contributed by atoms with Crippen molar-refractivity contribution in [1.29, 1.82) is 0 Å². The average molecular weight is 369 g/mol. The van der Waals surface area contributed by atoms with Gasteiger partial charge in [-0.25, -0.2) is 0 Å². The Kier molecular flexibility index (Phi) is 5.43. The number of aromatic nitrogens is 2. The lowest BCUT2D eigenvalue weighted by molar-refractivity contribution is 0.0172. The first kappa shape index (κ1) is 17.4. The Bertz CT molecular complexity index is 824. The van der Waals surface area contributed by atoms with Gasteiger partial charge in [-0.1, -0.05) is 5.16 Å². The largest absolute Gasteiger partial charge is 0.373 e. The molecule has 1 unspecified atom stereocenters. The molecule has 1 fully saturated rings. The minimum Gasteiger partial charge on any atom is -0.373 e. The molecule has 0 N–H and O–H groups in total. The van der Waals surface area contributed by atoms with Gasteiger partial charge in [0.1, 0.15) is 5.69 Å². The molecule has 0 aliphatic carbocycles. The molecule has 3 aromatic rings. The molecule has 1 saturated heterocycles. The molecule has 0 spiro atoms. The Morgan fingerprint density at radius 2 is 2.04 bits per heavy atom. The van der Waals surface area contributed by atoms with E-state index in [4.69, 9.17) is 9.26 Å². The summed E-state index contributed by atoms with van der Waals surface area (Å²) < 4.78 is 11.4. The molecule has 136 valence electrons. The number of thiophene rings is 1. The Labute approximate surface area is 157 Å². The van der Waals surface area contributed by atoms with Crippen molar-refractivity contribution in [3.05, 3.63) is 58.2 Å². The van der Waals surface area contributed by atoms with Gasteiger partial charge in [0.25, 0.3) is 0 Å². The van der Waals surface area contributed by atoms with Crippen molar-refractivity contribution in [1.82, 2.24) is 15.0 Å². The first-order valence-electron chi connectivity index (χ1n) is 9.03. The fourth-order valence-electron chi connectivity index (χ4n) is 3.25. The van der Waals surface area contributed by atoms with Gasteiger partial charge in [-0.2, -0.15) is 0 Å². The number of nitrogens with zero attached hydrogens (tertiary/aromatic N) is 3. The summed E-state index contributed by atoms with van der Waals surface area (Å²) in [5.74, 6) is 0.867. The fraction of sp³-hybridized carbons (Fsp3) is 0.400. The summed E-state index contributed by atoms with van der Waals surface area (Å²) in [5.41, 5.74) is 1.87. The van der Waals surface area contributed by atoms with Crippen LogP contribution in [-0.4, -0.2) is 28.7 Å². The zero-order valence-corrected chi connectivity index (χ0v) is 15.7. The lowest BCUT2D eigenvalue weighted by Gasteiger charge is -2.21. The minimum atomic E-state index is 0.296. The SMILES string of the molecule is CN(Cc1cc(-c2ccncc2)no1)Cc1ccc(C2CCCCO2)s1. The standard InChI is InChI=1S/C20H23N3O2S/c1-23(13-16-12-18(22-25-16)15-7-9-21-10-8-15)14-17-5-6-20(26-17)19-4-2-3-11-24-19/h5-10,12,19H,2-4,11,13-14H2,1H3. The molecule has 0 saturated carbocycles. The lowest BCUT2D eigenvalue weighted by Crippen LogP contribution is -2.16. The molecule has 5 nitrogen and oxygen atoms in total. The van der Waals surface area contributed by atoms with Gasteiger partial charge in [-0.15, -0.1) is 11.3 Å². The topological polar surface area (TPSA) is 51.4 Å². The molecule has 3 aromatic heterocycles. The van der Waals surface area contributed by atoms with Gasteiger partial charge in [0.15, 0.2) is 5.76 Å². The third kappa shape index (κ3) is 4.20. The molecule has 1 atom stereocenters. The number of rotatable bonds is 6. The van der Waals surface area contributed by atoms with E-state index in [0.29, 0.717) is 6.10 Å². The smallest absolute Gasteiger partial charge is 0.151 e. The first-order chi connectivity index (χ1) is 12.8. The van der Waals surface area contributed by atoms with Crippen LogP contribution in [0, 0.1) is 0 Å². The molecule has 0 aromatic carbocycles. The summed E-state index contributed by atoms with van der Waals surface area (Å²) in [6.07, 6.45) is 7.43. The normalized spacial score (nSPS) is 17.7. The van der Waals surface area contributed by atoms with Crippen LogP contribution < -0.4 is 0 Å². The summed E-state index contributed by atoms with van der Waals surface area (Å²) in [5, 5.41) is 4.17. The summed E-state index contributed by atoms with van der Waals surface area (Å²) in [7, 11) is 2.10. The molecule has 0 bridgehead atoms. The summed E-state index contributed by atoms with van der Waals surface area (Å²) >= 11 is 1.86. The highest BCUT2D eigenvalue weighted by atomic mass is 32.1. The Morgan fingerprint density at radius 3 is 2.85 bits per heavy atom. The van der Waals surface area contributed by atoms with Gasteiger partial charge in [0, 0.05) is 46.9 Å². The zero-order chi connectivity index (χ0) is 17.8. The van der Waals surface area contributed by atoms with Gasteiger partial charge in [0.2, 0.25) is 0 Å². The summed E-state index contributed by atoms with van der Waals surface area (Å²) in [4.78, 5) is 8.99. The Balaban J connectivity index is 1.35. The van der Waals surface area contributed by atoms with Crippen molar-refractivity contribution < 1.29 is 9.26 Å². The second kappa shape index (κ2) is 8.12. The number of hydrogen-bond acceptors (Lipinski definition) is 6. The lowest BCUT2D eigenvalue weighted by atomic mass is 10.1. The number of pyridine rings is 1. The first-order valence-corrected chi connectivity index (χ1v) is 9.84. The van der Waals surface area contributed by atoms with E-state index < -0.39 is 0 Å². The van der Waals surface area contributed by atoms with Crippen molar-refractivity contribution in [2.24, 2.45) is 0 Å². The van der Waals surface area contributed by atoms with Crippen molar-refractivity contribution in [3.8, 4) is 11.3 Å². The second-order valence-corrected chi connectivity index (χ2v) is 7.95. The highest BCUT2D eigenvalue weighted by molar-refractivity contribution is 7.12.